The van der Waals surface area contributed by atoms with Crippen LogP contribution in [-0.2, 0) is 9.47 Å². The lowest BCUT2D eigenvalue weighted by molar-refractivity contribution is -0.00673. The van der Waals surface area contributed by atoms with Gasteiger partial charge in [-0.15, -0.1) is 0 Å². The molecule has 0 amide bonds. The van der Waals surface area contributed by atoms with E-state index in [9.17, 15) is 0 Å². The average Bonchev–Trinajstić information content (AvgIpc) is 2.74. The molecule has 2 aliphatic heterocycles. The van der Waals surface area contributed by atoms with Crippen LogP contribution in [0, 0.1) is 5.92 Å². The highest BCUT2D eigenvalue weighted by atomic mass is 16.6. The standard InChI is InChI=1S/C13H16O2/c1-2-5-10(6-3-1)13-11-7-4-8-14-12(11)9-15-13/h1-3,5-6,11-13H,4,7-9H2/t11-,12+,13+/m0/s1. The zero-order chi connectivity index (χ0) is 10.1. The van der Waals surface area contributed by atoms with Crippen molar-refractivity contribution in [3.8, 4) is 0 Å². The van der Waals surface area contributed by atoms with E-state index in [-0.39, 0.29) is 6.10 Å². The number of ether oxygens (including phenoxy) is 2. The van der Waals surface area contributed by atoms with Gasteiger partial charge in [-0.3, -0.25) is 0 Å². The molecule has 3 rings (SSSR count). The highest BCUT2D eigenvalue weighted by Crippen LogP contribution is 2.40. The first-order valence-electron chi connectivity index (χ1n) is 5.73. The molecule has 15 heavy (non-hydrogen) atoms. The summed E-state index contributed by atoms with van der Waals surface area (Å²) in [5.41, 5.74) is 1.30. The lowest BCUT2D eigenvalue weighted by Gasteiger charge is -2.27. The SMILES string of the molecule is c1ccc([C@H]2OC[C@H]3OCCC[C@H]23)cc1. The Hall–Kier alpha value is -0.860. The highest BCUT2D eigenvalue weighted by Gasteiger charge is 2.40. The molecule has 0 bridgehead atoms. The average molecular weight is 204 g/mol. The van der Waals surface area contributed by atoms with Crippen molar-refractivity contribution in [3.63, 3.8) is 0 Å². The van der Waals surface area contributed by atoms with Crippen LogP contribution in [0.15, 0.2) is 30.3 Å². The summed E-state index contributed by atoms with van der Waals surface area (Å²) in [6, 6.07) is 10.5. The molecule has 3 atom stereocenters. The first-order chi connectivity index (χ1) is 7.45. The zero-order valence-corrected chi connectivity index (χ0v) is 8.76. The van der Waals surface area contributed by atoms with E-state index in [0.29, 0.717) is 12.0 Å². The van der Waals surface area contributed by atoms with Gasteiger partial charge in [-0.05, 0) is 18.4 Å². The van der Waals surface area contributed by atoms with Crippen molar-refractivity contribution in [2.45, 2.75) is 25.0 Å². The molecular weight excluding hydrogens is 188 g/mol. The van der Waals surface area contributed by atoms with Crippen molar-refractivity contribution in [1.82, 2.24) is 0 Å². The molecule has 2 heterocycles. The summed E-state index contributed by atoms with van der Waals surface area (Å²) in [6.07, 6.45) is 3.01. The molecule has 80 valence electrons. The van der Waals surface area contributed by atoms with Gasteiger partial charge in [-0.1, -0.05) is 30.3 Å². The normalized spacial score (nSPS) is 35.1. The van der Waals surface area contributed by atoms with Crippen LogP contribution in [0.4, 0.5) is 0 Å². The summed E-state index contributed by atoms with van der Waals surface area (Å²) in [5, 5.41) is 0. The number of rotatable bonds is 1. The minimum atomic E-state index is 0.261. The Kier molecular flexibility index (Phi) is 2.47. The monoisotopic (exact) mass is 204 g/mol. The molecule has 2 aliphatic rings. The van der Waals surface area contributed by atoms with Gasteiger partial charge in [0.15, 0.2) is 0 Å². The predicted molar refractivity (Wildman–Crippen MR) is 57.6 cm³/mol. The number of hydrogen-bond acceptors (Lipinski definition) is 2. The van der Waals surface area contributed by atoms with E-state index < -0.39 is 0 Å². The Balaban J connectivity index is 1.82. The topological polar surface area (TPSA) is 18.5 Å². The van der Waals surface area contributed by atoms with Crippen LogP contribution < -0.4 is 0 Å². The molecule has 2 fully saturated rings. The van der Waals surface area contributed by atoms with Crippen molar-refractivity contribution < 1.29 is 9.47 Å². The maximum atomic E-state index is 5.86. The molecule has 0 radical (unpaired) electrons. The van der Waals surface area contributed by atoms with E-state index in [4.69, 9.17) is 9.47 Å². The summed E-state index contributed by atoms with van der Waals surface area (Å²) in [6.45, 7) is 1.68. The molecule has 1 aromatic rings. The van der Waals surface area contributed by atoms with Gasteiger partial charge in [0.05, 0.1) is 18.8 Å². The van der Waals surface area contributed by atoms with Gasteiger partial charge in [0.25, 0.3) is 0 Å². The van der Waals surface area contributed by atoms with E-state index in [0.717, 1.165) is 13.2 Å². The molecule has 0 unspecified atom stereocenters. The fourth-order valence-corrected chi connectivity index (χ4v) is 2.69. The van der Waals surface area contributed by atoms with Crippen molar-refractivity contribution in [1.29, 1.82) is 0 Å². The van der Waals surface area contributed by atoms with Gasteiger partial charge in [0, 0.05) is 12.5 Å². The molecule has 0 N–H and O–H groups in total. The zero-order valence-electron chi connectivity index (χ0n) is 8.76. The molecule has 0 saturated carbocycles. The van der Waals surface area contributed by atoms with Crippen LogP contribution in [0.25, 0.3) is 0 Å². The van der Waals surface area contributed by atoms with Crippen molar-refractivity contribution >= 4 is 0 Å². The van der Waals surface area contributed by atoms with Gasteiger partial charge < -0.3 is 9.47 Å². The van der Waals surface area contributed by atoms with E-state index in [1.165, 1.54) is 18.4 Å². The Labute approximate surface area is 90.2 Å². The summed E-state index contributed by atoms with van der Waals surface area (Å²) in [7, 11) is 0. The Morgan fingerprint density at radius 3 is 2.80 bits per heavy atom. The Bertz CT molecular complexity index is 323. The van der Waals surface area contributed by atoms with Gasteiger partial charge in [-0.25, -0.2) is 0 Å². The maximum absolute atomic E-state index is 5.86. The first-order valence-corrected chi connectivity index (χ1v) is 5.73. The van der Waals surface area contributed by atoms with E-state index in [1.807, 2.05) is 6.07 Å². The molecule has 2 heteroatoms. The molecular formula is C13H16O2. The van der Waals surface area contributed by atoms with Crippen LogP contribution in [0.3, 0.4) is 0 Å². The number of fused-ring (bicyclic) bond motifs is 1. The molecule has 0 spiro atoms. The smallest absolute Gasteiger partial charge is 0.0880 e. The van der Waals surface area contributed by atoms with Crippen LogP contribution in [0.5, 0.6) is 0 Å². The van der Waals surface area contributed by atoms with Gasteiger partial charge >= 0.3 is 0 Å². The highest BCUT2D eigenvalue weighted by molar-refractivity contribution is 5.20. The number of hydrogen-bond donors (Lipinski definition) is 0. The lowest BCUT2D eigenvalue weighted by atomic mass is 9.88. The first kappa shape index (κ1) is 9.37. The van der Waals surface area contributed by atoms with E-state index >= 15 is 0 Å². The largest absolute Gasteiger partial charge is 0.375 e. The van der Waals surface area contributed by atoms with Gasteiger partial charge in [0.1, 0.15) is 0 Å². The second-order valence-corrected chi connectivity index (χ2v) is 4.38. The number of benzene rings is 1. The Morgan fingerprint density at radius 1 is 1.07 bits per heavy atom. The van der Waals surface area contributed by atoms with Crippen molar-refractivity contribution in [2.24, 2.45) is 5.92 Å². The van der Waals surface area contributed by atoms with Crippen LogP contribution in [0.1, 0.15) is 24.5 Å². The molecule has 1 aromatic carbocycles. The van der Waals surface area contributed by atoms with Gasteiger partial charge in [0.2, 0.25) is 0 Å². The lowest BCUT2D eigenvalue weighted by Crippen LogP contribution is -2.28. The van der Waals surface area contributed by atoms with E-state index in [2.05, 4.69) is 24.3 Å². The van der Waals surface area contributed by atoms with Crippen LogP contribution in [-0.4, -0.2) is 19.3 Å². The third-order valence-electron chi connectivity index (χ3n) is 3.45. The quantitative estimate of drug-likeness (QED) is 0.700. The minimum absolute atomic E-state index is 0.261. The summed E-state index contributed by atoms with van der Waals surface area (Å²) >= 11 is 0. The van der Waals surface area contributed by atoms with Gasteiger partial charge in [-0.2, -0.15) is 0 Å². The minimum Gasteiger partial charge on any atom is -0.375 e. The third-order valence-corrected chi connectivity index (χ3v) is 3.45. The molecule has 0 aliphatic carbocycles. The van der Waals surface area contributed by atoms with Crippen LogP contribution >= 0.6 is 0 Å². The summed E-state index contributed by atoms with van der Waals surface area (Å²) in [4.78, 5) is 0. The van der Waals surface area contributed by atoms with Crippen LogP contribution in [0.2, 0.25) is 0 Å². The van der Waals surface area contributed by atoms with Crippen molar-refractivity contribution in [2.75, 3.05) is 13.2 Å². The molecule has 0 aromatic heterocycles. The second kappa shape index (κ2) is 3.95. The predicted octanol–water partition coefficient (Wildman–Crippen LogP) is 2.55. The fourth-order valence-electron chi connectivity index (χ4n) is 2.69. The van der Waals surface area contributed by atoms with E-state index in [1.54, 1.807) is 0 Å². The Morgan fingerprint density at radius 2 is 1.93 bits per heavy atom. The summed E-state index contributed by atoms with van der Waals surface area (Å²) < 4.78 is 11.6. The summed E-state index contributed by atoms with van der Waals surface area (Å²) in [5.74, 6) is 0.571. The van der Waals surface area contributed by atoms with Crippen molar-refractivity contribution in [3.05, 3.63) is 35.9 Å². The second-order valence-electron chi connectivity index (χ2n) is 4.38. The molecule has 2 nitrogen and oxygen atoms in total. The maximum Gasteiger partial charge on any atom is 0.0880 e. The fraction of sp³-hybridized carbons (Fsp3) is 0.538. The molecule has 2 saturated heterocycles. The third kappa shape index (κ3) is 1.68.